The van der Waals surface area contributed by atoms with Crippen LogP contribution in [0.3, 0.4) is 0 Å². The maximum absolute atomic E-state index is 13.1. The zero-order chi connectivity index (χ0) is 18.5. The van der Waals surface area contributed by atoms with Crippen LogP contribution in [0.1, 0.15) is 15.9 Å². The molecule has 0 radical (unpaired) electrons. The summed E-state index contributed by atoms with van der Waals surface area (Å²) in [6.07, 6.45) is 1.74. The van der Waals surface area contributed by atoms with E-state index in [1.54, 1.807) is 30.5 Å². The smallest absolute Gasteiger partial charge is 0.328 e. The van der Waals surface area contributed by atoms with Crippen LogP contribution in [0.5, 0.6) is 0 Å². The minimum Gasteiger partial charge on any atom is -0.467 e. The van der Waals surface area contributed by atoms with Crippen LogP contribution in [0.2, 0.25) is 0 Å². The van der Waals surface area contributed by atoms with E-state index in [0.717, 1.165) is 0 Å². The summed E-state index contributed by atoms with van der Waals surface area (Å²) in [6.45, 7) is 0. The summed E-state index contributed by atoms with van der Waals surface area (Å²) in [5.74, 6) is -1.34. The van der Waals surface area contributed by atoms with Crippen LogP contribution in [-0.2, 0) is 16.0 Å². The van der Waals surface area contributed by atoms with Gasteiger partial charge in [0.1, 0.15) is 11.9 Å². The normalized spacial score (nSPS) is 11.8. The average molecular weight is 352 g/mol. The predicted octanol–water partition coefficient (Wildman–Crippen LogP) is 2.89. The van der Waals surface area contributed by atoms with Crippen molar-refractivity contribution in [3.05, 3.63) is 77.7 Å². The van der Waals surface area contributed by atoms with Gasteiger partial charge in [0.15, 0.2) is 0 Å². The molecule has 132 valence electrons. The van der Waals surface area contributed by atoms with Gasteiger partial charge >= 0.3 is 5.97 Å². The van der Waals surface area contributed by atoms with Gasteiger partial charge in [0, 0.05) is 18.0 Å². The second-order valence-corrected chi connectivity index (χ2v) is 5.76. The number of pyridine rings is 1. The SMILES string of the molecule is COC(=O)[C@H](Cc1ccc(F)cc1)NC(=O)c1ccnc2ccccc12. The number of carbonyl (C=O) groups is 2. The summed E-state index contributed by atoms with van der Waals surface area (Å²) in [5.41, 5.74) is 1.82. The highest BCUT2D eigenvalue weighted by molar-refractivity contribution is 6.07. The lowest BCUT2D eigenvalue weighted by atomic mass is 10.0. The van der Waals surface area contributed by atoms with Gasteiger partial charge in [0.2, 0.25) is 0 Å². The lowest BCUT2D eigenvalue weighted by Gasteiger charge is -2.17. The summed E-state index contributed by atoms with van der Waals surface area (Å²) < 4.78 is 17.9. The number of esters is 1. The van der Waals surface area contributed by atoms with Gasteiger partial charge in [-0.05, 0) is 29.8 Å². The first-order valence-corrected chi connectivity index (χ1v) is 8.05. The van der Waals surface area contributed by atoms with Gasteiger partial charge in [-0.1, -0.05) is 30.3 Å². The molecule has 1 atom stereocenters. The molecule has 5 nitrogen and oxygen atoms in total. The Hall–Kier alpha value is -3.28. The summed E-state index contributed by atoms with van der Waals surface area (Å²) in [4.78, 5) is 29.0. The van der Waals surface area contributed by atoms with E-state index < -0.39 is 17.9 Å². The molecule has 3 aromatic rings. The molecule has 26 heavy (non-hydrogen) atoms. The van der Waals surface area contributed by atoms with Gasteiger partial charge in [-0.15, -0.1) is 0 Å². The molecule has 0 bridgehead atoms. The van der Waals surface area contributed by atoms with Gasteiger partial charge in [-0.3, -0.25) is 9.78 Å². The van der Waals surface area contributed by atoms with E-state index >= 15 is 0 Å². The average Bonchev–Trinajstić information content (AvgIpc) is 2.68. The van der Waals surface area contributed by atoms with Crippen LogP contribution in [-0.4, -0.2) is 30.0 Å². The Bertz CT molecular complexity index is 936. The highest BCUT2D eigenvalue weighted by Crippen LogP contribution is 2.16. The summed E-state index contributed by atoms with van der Waals surface area (Å²) in [7, 11) is 1.26. The summed E-state index contributed by atoms with van der Waals surface area (Å²) >= 11 is 0. The van der Waals surface area contributed by atoms with Gasteiger partial charge in [-0.2, -0.15) is 0 Å². The lowest BCUT2D eigenvalue weighted by Crippen LogP contribution is -2.43. The molecule has 1 aromatic heterocycles. The first-order chi connectivity index (χ1) is 12.6. The van der Waals surface area contributed by atoms with Crippen molar-refractivity contribution in [1.29, 1.82) is 0 Å². The number of amides is 1. The molecule has 0 aliphatic carbocycles. The maximum atomic E-state index is 13.1. The number of carbonyl (C=O) groups excluding carboxylic acids is 2. The molecule has 0 spiro atoms. The van der Waals surface area contributed by atoms with Crippen molar-refractivity contribution in [2.75, 3.05) is 7.11 Å². The minimum atomic E-state index is -0.884. The number of hydrogen-bond donors (Lipinski definition) is 1. The first-order valence-electron chi connectivity index (χ1n) is 8.05. The molecule has 0 saturated heterocycles. The number of nitrogens with zero attached hydrogens (tertiary/aromatic N) is 1. The number of aromatic nitrogens is 1. The Kier molecular flexibility index (Phi) is 5.22. The molecule has 1 amide bonds. The summed E-state index contributed by atoms with van der Waals surface area (Å²) in [6, 6.07) is 13.7. The fraction of sp³-hybridized carbons (Fsp3) is 0.150. The molecular weight excluding hydrogens is 335 g/mol. The highest BCUT2D eigenvalue weighted by atomic mass is 19.1. The third-order valence-corrected chi connectivity index (χ3v) is 4.04. The van der Waals surface area contributed by atoms with Crippen molar-refractivity contribution in [2.24, 2.45) is 0 Å². The second kappa shape index (κ2) is 7.74. The van der Waals surface area contributed by atoms with E-state index in [0.29, 0.717) is 22.0 Å². The van der Waals surface area contributed by atoms with Crippen molar-refractivity contribution < 1.29 is 18.7 Å². The number of fused-ring (bicyclic) bond motifs is 1. The van der Waals surface area contributed by atoms with E-state index in [-0.39, 0.29) is 12.2 Å². The molecule has 1 heterocycles. The number of halogens is 1. The number of nitrogens with one attached hydrogen (secondary N) is 1. The van der Waals surface area contributed by atoms with Gasteiger partial charge in [-0.25, -0.2) is 9.18 Å². The monoisotopic (exact) mass is 352 g/mol. The number of methoxy groups -OCH3 is 1. The standard InChI is InChI=1S/C20H17FN2O3/c1-26-20(25)18(12-13-6-8-14(21)9-7-13)23-19(24)16-10-11-22-17-5-3-2-4-15(16)17/h2-11,18H,12H2,1H3,(H,23,24)/t18-/m0/s1. The van der Waals surface area contributed by atoms with E-state index in [9.17, 15) is 14.0 Å². The van der Waals surface area contributed by atoms with Crippen LogP contribution >= 0.6 is 0 Å². The molecule has 1 N–H and O–H groups in total. The van der Waals surface area contributed by atoms with Crippen molar-refractivity contribution in [2.45, 2.75) is 12.5 Å². The first kappa shape index (κ1) is 17.5. The molecular formula is C20H17FN2O3. The highest BCUT2D eigenvalue weighted by Gasteiger charge is 2.23. The van der Waals surface area contributed by atoms with Crippen LogP contribution in [0, 0.1) is 5.82 Å². The maximum Gasteiger partial charge on any atom is 0.328 e. The Balaban J connectivity index is 1.85. The van der Waals surface area contributed by atoms with Crippen LogP contribution in [0.4, 0.5) is 4.39 Å². The molecule has 0 fully saturated rings. The number of para-hydroxylation sites is 1. The van der Waals surface area contributed by atoms with Crippen LogP contribution in [0.15, 0.2) is 60.8 Å². The zero-order valence-electron chi connectivity index (χ0n) is 14.1. The molecule has 0 aliphatic heterocycles. The molecule has 0 unspecified atom stereocenters. The van der Waals surface area contributed by atoms with E-state index in [1.807, 2.05) is 18.2 Å². The fourth-order valence-corrected chi connectivity index (χ4v) is 2.72. The molecule has 0 saturated carbocycles. The molecule has 3 rings (SSSR count). The number of ether oxygens (including phenoxy) is 1. The minimum absolute atomic E-state index is 0.196. The zero-order valence-corrected chi connectivity index (χ0v) is 14.1. The topological polar surface area (TPSA) is 68.3 Å². The van der Waals surface area contributed by atoms with Crippen LogP contribution in [0.25, 0.3) is 10.9 Å². The molecule has 2 aromatic carbocycles. The second-order valence-electron chi connectivity index (χ2n) is 5.76. The predicted molar refractivity (Wildman–Crippen MR) is 95.1 cm³/mol. The quantitative estimate of drug-likeness (QED) is 0.717. The fourth-order valence-electron chi connectivity index (χ4n) is 2.72. The Morgan fingerprint density at radius 2 is 1.85 bits per heavy atom. The van der Waals surface area contributed by atoms with Crippen molar-refractivity contribution in [1.82, 2.24) is 10.3 Å². The van der Waals surface area contributed by atoms with E-state index in [4.69, 9.17) is 4.74 Å². The van der Waals surface area contributed by atoms with Gasteiger partial charge in [0.25, 0.3) is 5.91 Å². The number of rotatable bonds is 5. The van der Waals surface area contributed by atoms with Crippen molar-refractivity contribution in [3.8, 4) is 0 Å². The van der Waals surface area contributed by atoms with E-state index in [2.05, 4.69) is 10.3 Å². The third-order valence-electron chi connectivity index (χ3n) is 4.04. The number of benzene rings is 2. The largest absolute Gasteiger partial charge is 0.467 e. The van der Waals surface area contributed by atoms with Gasteiger partial charge < -0.3 is 10.1 Å². The number of hydrogen-bond acceptors (Lipinski definition) is 4. The third kappa shape index (κ3) is 3.85. The van der Waals surface area contributed by atoms with Crippen LogP contribution < -0.4 is 5.32 Å². The Morgan fingerprint density at radius 3 is 2.58 bits per heavy atom. The lowest BCUT2D eigenvalue weighted by molar-refractivity contribution is -0.142. The Morgan fingerprint density at radius 1 is 1.12 bits per heavy atom. The summed E-state index contributed by atoms with van der Waals surface area (Å²) in [5, 5.41) is 3.40. The van der Waals surface area contributed by atoms with Crippen molar-refractivity contribution >= 4 is 22.8 Å². The van der Waals surface area contributed by atoms with Gasteiger partial charge in [0.05, 0.1) is 18.2 Å². The Labute approximate surface area is 149 Å². The van der Waals surface area contributed by atoms with Crippen molar-refractivity contribution in [3.63, 3.8) is 0 Å². The molecule has 0 aliphatic rings. The van der Waals surface area contributed by atoms with E-state index in [1.165, 1.54) is 19.2 Å². The molecule has 6 heteroatoms.